The largest absolute Gasteiger partial charge is 0.481 e. The van der Waals surface area contributed by atoms with E-state index in [0.717, 1.165) is 4.47 Å². The Morgan fingerprint density at radius 1 is 1.56 bits per heavy atom. The monoisotopic (exact) mass is 287 g/mol. The zero-order valence-electron chi connectivity index (χ0n) is 8.27. The van der Waals surface area contributed by atoms with Gasteiger partial charge in [-0.05, 0) is 12.1 Å². The van der Waals surface area contributed by atoms with Gasteiger partial charge in [-0.2, -0.15) is 0 Å². The van der Waals surface area contributed by atoms with Crippen LogP contribution in [-0.4, -0.2) is 17.9 Å². The second kappa shape index (κ2) is 4.31. The first-order valence-electron chi connectivity index (χ1n) is 4.64. The fourth-order valence-electron chi connectivity index (χ4n) is 1.58. The molecule has 0 aromatic heterocycles. The number of hydrogen-bond donors (Lipinski definition) is 2. The van der Waals surface area contributed by atoms with E-state index in [1.807, 2.05) is 0 Å². The normalized spacial score (nSPS) is 14.9. The molecule has 0 spiro atoms. The van der Waals surface area contributed by atoms with E-state index in [1.54, 1.807) is 12.1 Å². The number of benzene rings is 1. The lowest BCUT2D eigenvalue weighted by atomic mass is 10.0. The van der Waals surface area contributed by atoms with Gasteiger partial charge in [-0.1, -0.05) is 15.9 Å². The number of halogens is 1. The second-order valence-electron chi connectivity index (χ2n) is 3.43. The van der Waals surface area contributed by atoms with Crippen molar-refractivity contribution in [1.82, 2.24) is 0 Å². The first-order chi connectivity index (χ1) is 7.58. The Kier molecular flexibility index (Phi) is 3.02. The number of nitrogens with two attached hydrogens (primary N) is 1. The average molecular weight is 288 g/mol. The Balaban J connectivity index is 2.36. The molecule has 0 radical (unpaired) electrons. The van der Waals surface area contributed by atoms with Crippen molar-refractivity contribution < 1.29 is 19.4 Å². The molecule has 1 aliphatic heterocycles. The van der Waals surface area contributed by atoms with Crippen LogP contribution in [0.3, 0.4) is 0 Å². The summed E-state index contributed by atoms with van der Waals surface area (Å²) < 4.78 is 11.3. The Bertz CT molecular complexity index is 435. The summed E-state index contributed by atoms with van der Waals surface area (Å²) in [6.45, 7) is 0.137. The molecule has 1 aromatic rings. The van der Waals surface area contributed by atoms with Crippen molar-refractivity contribution in [2.75, 3.05) is 6.79 Å². The van der Waals surface area contributed by atoms with Crippen LogP contribution in [0.15, 0.2) is 16.6 Å². The van der Waals surface area contributed by atoms with Crippen LogP contribution in [0.2, 0.25) is 0 Å². The Labute approximate surface area is 100 Å². The molecule has 1 aromatic carbocycles. The number of carboxylic acid groups (broad SMARTS) is 1. The molecule has 5 nitrogen and oxygen atoms in total. The van der Waals surface area contributed by atoms with Crippen molar-refractivity contribution in [2.24, 2.45) is 5.73 Å². The summed E-state index contributed by atoms with van der Waals surface area (Å²) in [5.41, 5.74) is 6.44. The van der Waals surface area contributed by atoms with Gasteiger partial charge in [0, 0.05) is 16.1 Å². The molecule has 1 unspecified atom stereocenters. The highest BCUT2D eigenvalue weighted by Crippen LogP contribution is 2.41. The van der Waals surface area contributed by atoms with Crippen LogP contribution in [0.4, 0.5) is 0 Å². The molecule has 0 aliphatic carbocycles. The Morgan fingerprint density at radius 3 is 3.00 bits per heavy atom. The predicted octanol–water partition coefficient (Wildman–Crippen LogP) is 1.65. The zero-order chi connectivity index (χ0) is 11.7. The van der Waals surface area contributed by atoms with Crippen LogP contribution in [0.1, 0.15) is 18.0 Å². The maximum absolute atomic E-state index is 10.6. The first kappa shape index (κ1) is 11.2. The molecule has 0 amide bonds. The summed E-state index contributed by atoms with van der Waals surface area (Å²) >= 11 is 3.31. The van der Waals surface area contributed by atoms with Crippen molar-refractivity contribution in [1.29, 1.82) is 0 Å². The van der Waals surface area contributed by atoms with E-state index in [2.05, 4.69) is 15.9 Å². The predicted molar refractivity (Wildman–Crippen MR) is 59.4 cm³/mol. The molecule has 16 heavy (non-hydrogen) atoms. The molecule has 0 saturated heterocycles. The van der Waals surface area contributed by atoms with Crippen molar-refractivity contribution in [2.45, 2.75) is 12.5 Å². The summed E-state index contributed by atoms with van der Waals surface area (Å²) in [5, 5.41) is 8.70. The summed E-state index contributed by atoms with van der Waals surface area (Å²) in [5.74, 6) is 0.183. The average Bonchev–Trinajstić information content (AvgIpc) is 2.62. The molecule has 0 fully saturated rings. The van der Waals surface area contributed by atoms with Crippen LogP contribution in [-0.2, 0) is 4.79 Å². The van der Waals surface area contributed by atoms with Crippen LogP contribution in [0.25, 0.3) is 0 Å². The van der Waals surface area contributed by atoms with Crippen LogP contribution in [0, 0.1) is 0 Å². The smallest absolute Gasteiger partial charge is 0.305 e. The Hall–Kier alpha value is -1.27. The van der Waals surface area contributed by atoms with Gasteiger partial charge in [0.1, 0.15) is 0 Å². The van der Waals surface area contributed by atoms with Gasteiger partial charge in [0.2, 0.25) is 6.79 Å². The molecular weight excluding hydrogens is 278 g/mol. The number of carbonyl (C=O) groups is 1. The highest BCUT2D eigenvalue weighted by Gasteiger charge is 2.23. The number of ether oxygens (including phenoxy) is 2. The number of hydrogen-bond acceptors (Lipinski definition) is 4. The number of carboxylic acids is 1. The van der Waals surface area contributed by atoms with Gasteiger partial charge in [-0.25, -0.2) is 0 Å². The highest BCUT2D eigenvalue weighted by atomic mass is 79.9. The van der Waals surface area contributed by atoms with E-state index >= 15 is 0 Å². The van der Waals surface area contributed by atoms with E-state index < -0.39 is 12.0 Å². The van der Waals surface area contributed by atoms with Crippen molar-refractivity contribution in [3.63, 3.8) is 0 Å². The number of aliphatic carboxylic acids is 1. The topological polar surface area (TPSA) is 81.8 Å². The second-order valence-corrected chi connectivity index (χ2v) is 4.35. The minimum Gasteiger partial charge on any atom is -0.481 e. The van der Waals surface area contributed by atoms with Crippen LogP contribution in [0.5, 0.6) is 11.5 Å². The molecule has 1 aliphatic rings. The van der Waals surface area contributed by atoms with Gasteiger partial charge in [-0.3, -0.25) is 4.79 Å². The van der Waals surface area contributed by atoms with Gasteiger partial charge in [0.15, 0.2) is 11.5 Å². The zero-order valence-corrected chi connectivity index (χ0v) is 9.86. The van der Waals surface area contributed by atoms with E-state index in [4.69, 9.17) is 20.3 Å². The van der Waals surface area contributed by atoms with Crippen molar-refractivity contribution in [3.05, 3.63) is 22.2 Å². The standard InChI is InChI=1S/C10H10BrNO4/c11-5-1-6(7(12)3-9(13)14)10-8(2-5)15-4-16-10/h1-2,7H,3-4,12H2,(H,13,14). The van der Waals surface area contributed by atoms with Gasteiger partial charge in [0.05, 0.1) is 6.42 Å². The maximum atomic E-state index is 10.6. The summed E-state index contributed by atoms with van der Waals surface area (Å²) in [4.78, 5) is 10.6. The summed E-state index contributed by atoms with van der Waals surface area (Å²) in [7, 11) is 0. The third-order valence-electron chi connectivity index (χ3n) is 2.26. The lowest BCUT2D eigenvalue weighted by molar-refractivity contribution is -0.137. The fourth-order valence-corrected chi connectivity index (χ4v) is 2.03. The van der Waals surface area contributed by atoms with E-state index in [-0.39, 0.29) is 13.2 Å². The molecule has 3 N–H and O–H groups in total. The van der Waals surface area contributed by atoms with E-state index in [9.17, 15) is 4.79 Å². The molecule has 2 rings (SSSR count). The molecule has 0 bridgehead atoms. The van der Waals surface area contributed by atoms with Gasteiger partial charge >= 0.3 is 5.97 Å². The van der Waals surface area contributed by atoms with Crippen LogP contribution < -0.4 is 15.2 Å². The van der Waals surface area contributed by atoms with E-state index in [1.165, 1.54) is 0 Å². The first-order valence-corrected chi connectivity index (χ1v) is 5.43. The van der Waals surface area contributed by atoms with Gasteiger partial charge in [-0.15, -0.1) is 0 Å². The van der Waals surface area contributed by atoms with Gasteiger partial charge < -0.3 is 20.3 Å². The van der Waals surface area contributed by atoms with E-state index in [0.29, 0.717) is 17.1 Å². The quantitative estimate of drug-likeness (QED) is 0.883. The molecule has 0 saturated carbocycles. The van der Waals surface area contributed by atoms with Crippen molar-refractivity contribution >= 4 is 21.9 Å². The van der Waals surface area contributed by atoms with Crippen LogP contribution >= 0.6 is 15.9 Å². The number of rotatable bonds is 3. The molecule has 1 atom stereocenters. The SMILES string of the molecule is NC(CC(=O)O)c1cc(Br)cc2c1OCO2. The summed E-state index contributed by atoms with van der Waals surface area (Å²) in [6.07, 6.45) is -0.147. The lowest BCUT2D eigenvalue weighted by Crippen LogP contribution is -2.15. The third-order valence-corrected chi connectivity index (χ3v) is 2.72. The highest BCUT2D eigenvalue weighted by molar-refractivity contribution is 9.10. The third kappa shape index (κ3) is 2.12. The van der Waals surface area contributed by atoms with Crippen molar-refractivity contribution in [3.8, 4) is 11.5 Å². The molecule has 1 heterocycles. The molecule has 86 valence electrons. The lowest BCUT2D eigenvalue weighted by Gasteiger charge is -2.12. The molecule has 6 heteroatoms. The molecular formula is C10H10BrNO4. The number of fused-ring (bicyclic) bond motifs is 1. The summed E-state index contributed by atoms with van der Waals surface area (Å²) in [6, 6.07) is 2.91. The maximum Gasteiger partial charge on any atom is 0.305 e. The Morgan fingerprint density at radius 2 is 2.31 bits per heavy atom. The minimum atomic E-state index is -0.944. The minimum absolute atomic E-state index is 0.137. The fraction of sp³-hybridized carbons (Fsp3) is 0.300. The van der Waals surface area contributed by atoms with Gasteiger partial charge in [0.25, 0.3) is 0 Å².